The Morgan fingerprint density at radius 1 is 0.900 bits per heavy atom. The molecule has 1 aromatic heterocycles. The van der Waals surface area contributed by atoms with Gasteiger partial charge >= 0.3 is 0 Å². The molecule has 0 saturated heterocycles. The Morgan fingerprint density at radius 2 is 1.63 bits per heavy atom. The molecule has 4 aromatic rings. The Labute approximate surface area is 184 Å². The number of carbonyl (C=O) groups excluding carboxylic acids is 1. The smallest absolute Gasteiger partial charge is 0.295 e. The van der Waals surface area contributed by atoms with Crippen LogP contribution in [-0.2, 0) is 0 Å². The summed E-state index contributed by atoms with van der Waals surface area (Å²) < 4.78 is 1.69. The lowest BCUT2D eigenvalue weighted by Gasteiger charge is -2.07. The van der Waals surface area contributed by atoms with Gasteiger partial charge < -0.3 is 5.32 Å². The fourth-order valence-corrected chi connectivity index (χ4v) is 3.38. The molecule has 0 atom stereocenters. The molecule has 0 aliphatic heterocycles. The topological polar surface area (TPSA) is 59.8 Å². The SMILES string of the molecule is Cc1cccc(-c2nc(C(=O)Nc3ccc(Cl)c(Cl)c3)nn2-c2cccc(C)c2)c1. The number of nitrogens with zero attached hydrogens (tertiary/aromatic N) is 3. The maximum absolute atomic E-state index is 12.8. The molecule has 0 aliphatic rings. The summed E-state index contributed by atoms with van der Waals surface area (Å²) in [6, 6.07) is 20.7. The average Bonchev–Trinajstić information content (AvgIpc) is 3.16. The molecule has 7 heteroatoms. The van der Waals surface area contributed by atoms with E-state index in [1.807, 2.05) is 62.4 Å². The summed E-state index contributed by atoms with van der Waals surface area (Å²) in [5, 5.41) is 8.04. The molecule has 0 bridgehead atoms. The Kier molecular flexibility index (Phi) is 5.57. The van der Waals surface area contributed by atoms with Gasteiger partial charge in [0.25, 0.3) is 5.91 Å². The summed E-state index contributed by atoms with van der Waals surface area (Å²) in [5.41, 5.74) is 4.39. The van der Waals surface area contributed by atoms with E-state index >= 15 is 0 Å². The molecule has 0 aliphatic carbocycles. The van der Waals surface area contributed by atoms with Gasteiger partial charge in [0.05, 0.1) is 15.7 Å². The molecule has 1 heterocycles. The number of carbonyl (C=O) groups is 1. The van der Waals surface area contributed by atoms with Crippen molar-refractivity contribution in [3.8, 4) is 17.1 Å². The summed E-state index contributed by atoms with van der Waals surface area (Å²) in [4.78, 5) is 17.4. The van der Waals surface area contributed by atoms with Crippen molar-refractivity contribution in [2.75, 3.05) is 5.32 Å². The minimum Gasteiger partial charge on any atom is -0.319 e. The molecule has 3 aromatic carbocycles. The van der Waals surface area contributed by atoms with Gasteiger partial charge in [-0.15, -0.1) is 5.10 Å². The molecule has 30 heavy (non-hydrogen) atoms. The van der Waals surface area contributed by atoms with Crippen LogP contribution in [-0.4, -0.2) is 20.7 Å². The van der Waals surface area contributed by atoms with E-state index < -0.39 is 5.91 Å². The van der Waals surface area contributed by atoms with Crippen molar-refractivity contribution in [1.29, 1.82) is 0 Å². The first-order valence-corrected chi connectivity index (χ1v) is 10.0. The van der Waals surface area contributed by atoms with E-state index in [-0.39, 0.29) is 5.82 Å². The van der Waals surface area contributed by atoms with Crippen LogP contribution in [0.1, 0.15) is 21.7 Å². The summed E-state index contributed by atoms with van der Waals surface area (Å²) in [6.45, 7) is 4.01. The van der Waals surface area contributed by atoms with Crippen LogP contribution in [0.4, 0.5) is 5.69 Å². The van der Waals surface area contributed by atoms with Crippen molar-refractivity contribution in [2.45, 2.75) is 13.8 Å². The Bertz CT molecular complexity index is 1190. The third-order valence-corrected chi connectivity index (χ3v) is 5.25. The number of anilines is 1. The lowest BCUT2D eigenvalue weighted by atomic mass is 10.1. The zero-order valence-electron chi connectivity index (χ0n) is 16.4. The zero-order chi connectivity index (χ0) is 21.3. The Hall–Kier alpha value is -3.15. The molecule has 0 fully saturated rings. The summed E-state index contributed by atoms with van der Waals surface area (Å²) in [6.07, 6.45) is 0. The quantitative estimate of drug-likeness (QED) is 0.419. The first-order valence-electron chi connectivity index (χ1n) is 9.28. The fourth-order valence-electron chi connectivity index (χ4n) is 3.08. The molecule has 1 N–H and O–H groups in total. The molecule has 4 rings (SSSR count). The second kappa shape index (κ2) is 8.30. The van der Waals surface area contributed by atoms with Crippen LogP contribution >= 0.6 is 23.2 Å². The highest BCUT2D eigenvalue weighted by molar-refractivity contribution is 6.42. The van der Waals surface area contributed by atoms with Gasteiger partial charge in [-0.1, -0.05) is 59.1 Å². The molecule has 150 valence electrons. The van der Waals surface area contributed by atoms with Crippen LogP contribution in [0.5, 0.6) is 0 Å². The van der Waals surface area contributed by atoms with Crippen LogP contribution in [0, 0.1) is 13.8 Å². The molecule has 0 unspecified atom stereocenters. The first-order chi connectivity index (χ1) is 14.4. The van der Waals surface area contributed by atoms with Crippen molar-refractivity contribution >= 4 is 34.8 Å². The van der Waals surface area contributed by atoms with Crippen molar-refractivity contribution in [2.24, 2.45) is 0 Å². The maximum atomic E-state index is 12.8. The largest absolute Gasteiger partial charge is 0.319 e. The highest BCUT2D eigenvalue weighted by atomic mass is 35.5. The van der Waals surface area contributed by atoms with E-state index in [9.17, 15) is 4.79 Å². The van der Waals surface area contributed by atoms with Crippen molar-refractivity contribution in [3.63, 3.8) is 0 Å². The van der Waals surface area contributed by atoms with Gasteiger partial charge in [-0.3, -0.25) is 4.79 Å². The predicted octanol–water partition coefficient (Wildman–Crippen LogP) is 6.11. The van der Waals surface area contributed by atoms with Gasteiger partial charge in [0, 0.05) is 11.3 Å². The number of halogens is 2. The van der Waals surface area contributed by atoms with E-state index in [0.29, 0.717) is 21.6 Å². The standard InChI is InChI=1S/C23H18Cl2N4O/c1-14-5-3-7-16(11-14)22-27-21(28-29(22)18-8-4-6-15(2)12-18)23(30)26-17-9-10-19(24)20(25)13-17/h3-13H,1-2H3,(H,26,30). The van der Waals surface area contributed by atoms with E-state index in [2.05, 4.69) is 15.4 Å². The van der Waals surface area contributed by atoms with Gasteiger partial charge in [-0.05, 0) is 55.8 Å². The van der Waals surface area contributed by atoms with Gasteiger partial charge in [-0.25, -0.2) is 9.67 Å². The molecular weight excluding hydrogens is 419 g/mol. The molecule has 0 saturated carbocycles. The summed E-state index contributed by atoms with van der Waals surface area (Å²) in [7, 11) is 0. The number of hydrogen-bond donors (Lipinski definition) is 1. The van der Waals surface area contributed by atoms with Gasteiger partial charge in [0.2, 0.25) is 5.82 Å². The van der Waals surface area contributed by atoms with E-state index in [0.717, 1.165) is 22.4 Å². The third kappa shape index (κ3) is 4.22. The first kappa shape index (κ1) is 20.1. The maximum Gasteiger partial charge on any atom is 0.295 e. The monoisotopic (exact) mass is 436 g/mol. The van der Waals surface area contributed by atoms with Gasteiger partial charge in [0.1, 0.15) is 0 Å². The predicted molar refractivity (Wildman–Crippen MR) is 121 cm³/mol. The number of hydrogen-bond acceptors (Lipinski definition) is 3. The van der Waals surface area contributed by atoms with Crippen LogP contribution in [0.3, 0.4) is 0 Å². The molecular formula is C23H18Cl2N4O. The molecule has 1 amide bonds. The third-order valence-electron chi connectivity index (χ3n) is 4.51. The van der Waals surface area contributed by atoms with Crippen LogP contribution in [0.25, 0.3) is 17.1 Å². The lowest BCUT2D eigenvalue weighted by molar-refractivity contribution is 0.101. The van der Waals surface area contributed by atoms with Gasteiger partial charge in [0.15, 0.2) is 5.82 Å². The number of aromatic nitrogens is 3. The van der Waals surface area contributed by atoms with E-state index in [4.69, 9.17) is 23.2 Å². The Morgan fingerprint density at radius 3 is 2.33 bits per heavy atom. The highest BCUT2D eigenvalue weighted by Gasteiger charge is 2.19. The molecule has 0 radical (unpaired) electrons. The lowest BCUT2D eigenvalue weighted by Crippen LogP contribution is -2.14. The van der Waals surface area contributed by atoms with Crippen molar-refractivity contribution in [3.05, 3.63) is 93.7 Å². The average molecular weight is 437 g/mol. The molecule has 5 nitrogen and oxygen atoms in total. The van der Waals surface area contributed by atoms with Crippen LogP contribution in [0.2, 0.25) is 10.0 Å². The second-order valence-corrected chi connectivity index (χ2v) is 7.78. The highest BCUT2D eigenvalue weighted by Crippen LogP contribution is 2.26. The zero-order valence-corrected chi connectivity index (χ0v) is 17.9. The molecule has 0 spiro atoms. The minimum absolute atomic E-state index is 0.0547. The van der Waals surface area contributed by atoms with Crippen LogP contribution in [0.15, 0.2) is 66.7 Å². The number of benzene rings is 3. The number of rotatable bonds is 4. The number of nitrogens with one attached hydrogen (secondary N) is 1. The Balaban J connectivity index is 1.76. The normalized spacial score (nSPS) is 10.8. The fraction of sp³-hybridized carbons (Fsp3) is 0.0870. The van der Waals surface area contributed by atoms with Crippen LogP contribution < -0.4 is 5.32 Å². The van der Waals surface area contributed by atoms with Gasteiger partial charge in [-0.2, -0.15) is 0 Å². The summed E-state index contributed by atoms with van der Waals surface area (Å²) >= 11 is 12.0. The number of aryl methyl sites for hydroxylation is 2. The van der Waals surface area contributed by atoms with Crippen molar-refractivity contribution < 1.29 is 4.79 Å². The van der Waals surface area contributed by atoms with E-state index in [1.54, 1.807) is 22.9 Å². The van der Waals surface area contributed by atoms with E-state index in [1.165, 1.54) is 0 Å². The second-order valence-electron chi connectivity index (χ2n) is 6.96. The number of amides is 1. The van der Waals surface area contributed by atoms with Crippen molar-refractivity contribution in [1.82, 2.24) is 14.8 Å². The minimum atomic E-state index is -0.436. The summed E-state index contributed by atoms with van der Waals surface area (Å²) in [5.74, 6) is 0.205.